The second-order valence-electron chi connectivity index (χ2n) is 9.00. The zero-order valence-corrected chi connectivity index (χ0v) is 15.1. The number of hydrogen-bond donors (Lipinski definition) is 1. The van der Waals surface area contributed by atoms with Gasteiger partial charge in [-0.2, -0.15) is 0 Å². The minimum absolute atomic E-state index is 0.487. The van der Waals surface area contributed by atoms with Crippen molar-refractivity contribution in [3.05, 3.63) is 0 Å². The van der Waals surface area contributed by atoms with Gasteiger partial charge in [0, 0.05) is 6.04 Å². The van der Waals surface area contributed by atoms with Crippen LogP contribution in [0.2, 0.25) is 0 Å². The first kappa shape index (κ1) is 18.0. The molecular formula is C19H39N. The van der Waals surface area contributed by atoms with Gasteiger partial charge in [0.25, 0.3) is 0 Å². The predicted molar refractivity (Wildman–Crippen MR) is 91.0 cm³/mol. The summed E-state index contributed by atoms with van der Waals surface area (Å²) in [5.74, 6) is 3.69. The van der Waals surface area contributed by atoms with E-state index in [0.29, 0.717) is 11.5 Å². The molecule has 0 aromatic rings. The van der Waals surface area contributed by atoms with E-state index in [1.54, 1.807) is 0 Å². The molecule has 120 valence electrons. The third-order valence-corrected chi connectivity index (χ3v) is 5.18. The fourth-order valence-corrected chi connectivity index (χ4v) is 3.60. The largest absolute Gasteiger partial charge is 0.314 e. The third kappa shape index (κ3) is 6.61. The predicted octanol–water partition coefficient (Wildman–Crippen LogP) is 5.50. The first-order valence-electron chi connectivity index (χ1n) is 8.92. The lowest BCUT2D eigenvalue weighted by molar-refractivity contribution is 0.124. The standard InChI is InChI=1S/C19H39N/c1-14(2)16-8-9-18(13-20-15(3)4)17(12-16)10-11-19(5,6)7/h14-18,20H,8-13H2,1-7H3. The lowest BCUT2D eigenvalue weighted by Gasteiger charge is -2.39. The molecule has 0 heterocycles. The highest BCUT2D eigenvalue weighted by Crippen LogP contribution is 2.41. The summed E-state index contributed by atoms with van der Waals surface area (Å²) in [6.07, 6.45) is 7.17. The second kappa shape index (κ2) is 7.82. The molecule has 1 nitrogen and oxygen atoms in total. The molecule has 0 saturated heterocycles. The molecule has 3 unspecified atom stereocenters. The van der Waals surface area contributed by atoms with Crippen LogP contribution >= 0.6 is 0 Å². The number of rotatable bonds is 6. The molecule has 0 aromatic heterocycles. The maximum Gasteiger partial charge on any atom is 0.00104 e. The summed E-state index contributed by atoms with van der Waals surface area (Å²) in [7, 11) is 0. The third-order valence-electron chi connectivity index (χ3n) is 5.18. The Morgan fingerprint density at radius 1 is 1.00 bits per heavy atom. The zero-order chi connectivity index (χ0) is 15.3. The Kier molecular flexibility index (Phi) is 7.04. The summed E-state index contributed by atoms with van der Waals surface area (Å²) < 4.78 is 0. The SMILES string of the molecule is CC(C)NCC1CCC(C(C)C)CC1CCC(C)(C)C. The van der Waals surface area contributed by atoms with Crippen molar-refractivity contribution in [1.82, 2.24) is 5.32 Å². The molecule has 0 aromatic carbocycles. The molecular weight excluding hydrogens is 242 g/mol. The molecule has 0 spiro atoms. The van der Waals surface area contributed by atoms with E-state index in [0.717, 1.165) is 23.7 Å². The minimum Gasteiger partial charge on any atom is -0.314 e. The average Bonchev–Trinajstić information content (AvgIpc) is 2.33. The molecule has 1 aliphatic rings. The van der Waals surface area contributed by atoms with Crippen molar-refractivity contribution < 1.29 is 0 Å². The van der Waals surface area contributed by atoms with E-state index >= 15 is 0 Å². The van der Waals surface area contributed by atoms with Gasteiger partial charge in [-0.25, -0.2) is 0 Å². The monoisotopic (exact) mass is 281 g/mol. The highest BCUT2D eigenvalue weighted by molar-refractivity contribution is 4.84. The fraction of sp³-hybridized carbons (Fsp3) is 1.00. The van der Waals surface area contributed by atoms with Gasteiger partial charge < -0.3 is 5.32 Å². The van der Waals surface area contributed by atoms with Crippen molar-refractivity contribution in [3.8, 4) is 0 Å². The Bertz CT molecular complexity index is 261. The molecule has 0 aliphatic heterocycles. The molecule has 0 amide bonds. The molecule has 0 radical (unpaired) electrons. The number of nitrogens with one attached hydrogen (secondary N) is 1. The molecule has 3 atom stereocenters. The van der Waals surface area contributed by atoms with Crippen LogP contribution < -0.4 is 5.32 Å². The van der Waals surface area contributed by atoms with Crippen LogP contribution in [0, 0.1) is 29.1 Å². The van der Waals surface area contributed by atoms with E-state index in [9.17, 15) is 0 Å². The summed E-state index contributed by atoms with van der Waals surface area (Å²) >= 11 is 0. The lowest BCUT2D eigenvalue weighted by atomic mass is 9.68. The van der Waals surface area contributed by atoms with Crippen LogP contribution in [-0.2, 0) is 0 Å². The molecule has 20 heavy (non-hydrogen) atoms. The second-order valence-corrected chi connectivity index (χ2v) is 9.00. The van der Waals surface area contributed by atoms with Gasteiger partial charge in [0.2, 0.25) is 0 Å². The van der Waals surface area contributed by atoms with Crippen LogP contribution in [0.25, 0.3) is 0 Å². The van der Waals surface area contributed by atoms with Crippen molar-refractivity contribution in [3.63, 3.8) is 0 Å². The maximum absolute atomic E-state index is 3.69. The van der Waals surface area contributed by atoms with Crippen molar-refractivity contribution in [1.29, 1.82) is 0 Å². The quantitative estimate of drug-likeness (QED) is 0.678. The summed E-state index contributed by atoms with van der Waals surface area (Å²) in [4.78, 5) is 0. The van der Waals surface area contributed by atoms with Crippen LogP contribution in [0.15, 0.2) is 0 Å². The fourth-order valence-electron chi connectivity index (χ4n) is 3.60. The normalized spacial score (nSPS) is 28.4. The highest BCUT2D eigenvalue weighted by atomic mass is 14.9. The molecule has 1 N–H and O–H groups in total. The Morgan fingerprint density at radius 3 is 2.15 bits per heavy atom. The van der Waals surface area contributed by atoms with Crippen LogP contribution in [0.3, 0.4) is 0 Å². The Labute approximate surface area is 128 Å². The van der Waals surface area contributed by atoms with Crippen LogP contribution in [-0.4, -0.2) is 12.6 Å². The molecule has 1 rings (SSSR count). The smallest absolute Gasteiger partial charge is 0.00104 e. The average molecular weight is 282 g/mol. The first-order chi connectivity index (χ1) is 9.19. The van der Waals surface area contributed by atoms with Crippen molar-refractivity contribution >= 4 is 0 Å². The van der Waals surface area contributed by atoms with Crippen molar-refractivity contribution in [2.24, 2.45) is 29.1 Å². The zero-order valence-electron chi connectivity index (χ0n) is 15.1. The number of hydrogen-bond acceptors (Lipinski definition) is 1. The van der Waals surface area contributed by atoms with Crippen LogP contribution in [0.4, 0.5) is 0 Å². The Morgan fingerprint density at radius 2 is 1.65 bits per heavy atom. The van der Waals surface area contributed by atoms with Gasteiger partial charge in [-0.05, 0) is 67.7 Å². The van der Waals surface area contributed by atoms with E-state index in [-0.39, 0.29) is 0 Å². The first-order valence-corrected chi connectivity index (χ1v) is 8.92. The van der Waals surface area contributed by atoms with Gasteiger partial charge in [0.1, 0.15) is 0 Å². The van der Waals surface area contributed by atoms with E-state index in [4.69, 9.17) is 0 Å². The molecule has 1 saturated carbocycles. The van der Waals surface area contributed by atoms with Gasteiger partial charge in [-0.3, -0.25) is 0 Å². The minimum atomic E-state index is 0.487. The van der Waals surface area contributed by atoms with E-state index in [2.05, 4.69) is 53.8 Å². The van der Waals surface area contributed by atoms with E-state index < -0.39 is 0 Å². The summed E-state index contributed by atoms with van der Waals surface area (Å²) in [5.41, 5.74) is 0.487. The summed E-state index contributed by atoms with van der Waals surface area (Å²) in [5, 5.41) is 3.69. The molecule has 1 aliphatic carbocycles. The molecule has 1 heteroatoms. The van der Waals surface area contributed by atoms with E-state index in [1.165, 1.54) is 38.6 Å². The van der Waals surface area contributed by atoms with Crippen molar-refractivity contribution in [2.45, 2.75) is 86.6 Å². The van der Waals surface area contributed by atoms with Gasteiger partial charge in [0.05, 0.1) is 0 Å². The van der Waals surface area contributed by atoms with Gasteiger partial charge >= 0.3 is 0 Å². The Balaban J connectivity index is 2.57. The van der Waals surface area contributed by atoms with Crippen LogP contribution in [0.1, 0.15) is 80.6 Å². The maximum atomic E-state index is 3.69. The van der Waals surface area contributed by atoms with Gasteiger partial charge in [0.15, 0.2) is 0 Å². The van der Waals surface area contributed by atoms with E-state index in [1.807, 2.05) is 0 Å². The molecule has 1 fully saturated rings. The molecule has 0 bridgehead atoms. The van der Waals surface area contributed by atoms with Gasteiger partial charge in [-0.15, -0.1) is 0 Å². The van der Waals surface area contributed by atoms with Crippen molar-refractivity contribution in [2.75, 3.05) is 6.54 Å². The Hall–Kier alpha value is -0.0400. The topological polar surface area (TPSA) is 12.0 Å². The lowest BCUT2D eigenvalue weighted by Crippen LogP contribution is -2.37. The highest BCUT2D eigenvalue weighted by Gasteiger charge is 2.32. The summed E-state index contributed by atoms with van der Waals surface area (Å²) in [6, 6.07) is 0.626. The summed E-state index contributed by atoms with van der Waals surface area (Å²) in [6.45, 7) is 17.8. The van der Waals surface area contributed by atoms with Gasteiger partial charge in [-0.1, -0.05) is 48.5 Å². The van der Waals surface area contributed by atoms with Crippen LogP contribution in [0.5, 0.6) is 0 Å².